The van der Waals surface area contributed by atoms with E-state index in [1.54, 1.807) is 0 Å². The summed E-state index contributed by atoms with van der Waals surface area (Å²) in [5.74, 6) is -0.363. The van der Waals surface area contributed by atoms with Gasteiger partial charge in [-0.3, -0.25) is 19.1 Å². The normalized spacial score (nSPS) is 27.8. The minimum Gasteiger partial charge on any atom is -0.414 e. The van der Waals surface area contributed by atoms with Crippen molar-refractivity contribution in [3.05, 3.63) is 33.1 Å². The SMILES string of the molecule is CC(C)[Si]1(C(C)C)OC[C@H]2O[C@@H](n3ccc(=O)[nH]c3=O)C(=O)[C@H]2O[Si](C(C)C)(C(C)C)O1. The molecule has 1 N–H and O–H groups in total. The van der Waals surface area contributed by atoms with Gasteiger partial charge < -0.3 is 17.7 Å². The lowest BCUT2D eigenvalue weighted by Gasteiger charge is -2.50. The number of fused-ring (bicyclic) bond motifs is 1. The molecule has 0 radical (unpaired) electrons. The Labute approximate surface area is 190 Å². The fourth-order valence-electron chi connectivity index (χ4n) is 4.83. The molecule has 1 aromatic rings. The third kappa shape index (κ3) is 4.14. The zero-order valence-corrected chi connectivity index (χ0v) is 22.2. The highest BCUT2D eigenvalue weighted by Crippen LogP contribution is 2.47. The maximum atomic E-state index is 13.4. The number of aromatic nitrogens is 2. The van der Waals surface area contributed by atoms with E-state index in [4.69, 9.17) is 17.7 Å². The van der Waals surface area contributed by atoms with Gasteiger partial charge in [-0.25, -0.2) is 4.79 Å². The van der Waals surface area contributed by atoms with Crippen LogP contribution in [0.1, 0.15) is 61.6 Å². The summed E-state index contributed by atoms with van der Waals surface area (Å²) in [6.45, 7) is 16.9. The Morgan fingerprint density at radius 3 is 2.00 bits per heavy atom. The molecule has 3 heterocycles. The number of hydrogen-bond acceptors (Lipinski definition) is 7. The van der Waals surface area contributed by atoms with Crippen molar-refractivity contribution in [2.45, 2.75) is 96.0 Å². The van der Waals surface area contributed by atoms with E-state index in [0.29, 0.717) is 0 Å². The van der Waals surface area contributed by atoms with Crippen molar-refractivity contribution in [2.24, 2.45) is 0 Å². The average Bonchev–Trinajstić information content (AvgIpc) is 2.96. The van der Waals surface area contributed by atoms with Crippen LogP contribution in [0.2, 0.25) is 22.2 Å². The van der Waals surface area contributed by atoms with Gasteiger partial charge in [-0.05, 0) is 22.2 Å². The fraction of sp³-hybridized carbons (Fsp3) is 0.762. The van der Waals surface area contributed by atoms with Crippen LogP contribution in [0.25, 0.3) is 0 Å². The van der Waals surface area contributed by atoms with Crippen LogP contribution in [-0.4, -0.2) is 51.3 Å². The minimum atomic E-state index is -2.97. The van der Waals surface area contributed by atoms with Crippen LogP contribution in [0.15, 0.2) is 21.9 Å². The van der Waals surface area contributed by atoms with Crippen molar-refractivity contribution in [3.8, 4) is 0 Å². The Balaban J connectivity index is 2.09. The summed E-state index contributed by atoms with van der Waals surface area (Å²) >= 11 is 0. The van der Waals surface area contributed by atoms with Crippen LogP contribution in [-0.2, 0) is 22.5 Å². The predicted octanol–water partition coefficient (Wildman–Crippen LogP) is 2.96. The summed E-state index contributed by atoms with van der Waals surface area (Å²) in [5.41, 5.74) is -0.768. The molecule has 2 saturated heterocycles. The van der Waals surface area contributed by atoms with Gasteiger partial charge >= 0.3 is 22.8 Å². The average molecular weight is 485 g/mol. The highest BCUT2D eigenvalue weighted by Gasteiger charge is 2.61. The fourth-order valence-corrected chi connectivity index (χ4v) is 16.0. The van der Waals surface area contributed by atoms with Gasteiger partial charge in [0.05, 0.1) is 6.61 Å². The van der Waals surface area contributed by atoms with Gasteiger partial charge in [0.15, 0.2) is 6.23 Å². The first-order valence-corrected chi connectivity index (χ1v) is 15.3. The second-order valence-electron chi connectivity index (χ2n) is 9.96. The number of H-pyrrole nitrogens is 1. The third-order valence-corrected chi connectivity index (χ3v) is 16.8. The highest BCUT2D eigenvalue weighted by molar-refractivity contribution is 6.84. The van der Waals surface area contributed by atoms with E-state index in [2.05, 4.69) is 60.4 Å². The summed E-state index contributed by atoms with van der Waals surface area (Å²) in [7, 11) is -5.72. The second-order valence-corrected chi connectivity index (χ2v) is 18.8. The standard InChI is InChI=1S/C21H36N2O7Si2/c1-12(2)31(13(3)4)27-11-16-19(29-32(30-31,14(5)6)15(7)8)18(25)20(28-16)23-10-9-17(24)22-21(23)26/h9-10,12-16,19-20H,11H2,1-8H3,(H,22,24,26)/t16-,19+,20-/m1/s1. The number of ketones is 1. The summed E-state index contributed by atoms with van der Waals surface area (Å²) in [4.78, 5) is 39.4. The maximum Gasteiger partial charge on any atom is 0.335 e. The zero-order valence-electron chi connectivity index (χ0n) is 20.2. The molecule has 0 aromatic carbocycles. The first kappa shape index (κ1) is 25.3. The van der Waals surface area contributed by atoms with Crippen molar-refractivity contribution in [2.75, 3.05) is 6.61 Å². The molecule has 2 fully saturated rings. The predicted molar refractivity (Wildman–Crippen MR) is 124 cm³/mol. The number of nitrogens with zero attached hydrogens (tertiary/aromatic N) is 1. The molecule has 3 rings (SSSR count). The number of rotatable bonds is 5. The Bertz CT molecular complexity index is 940. The lowest BCUT2D eigenvalue weighted by molar-refractivity contribution is -0.130. The number of ether oxygens (including phenoxy) is 1. The minimum absolute atomic E-state index is 0.0666. The number of carbonyl (C=O) groups is 1. The van der Waals surface area contributed by atoms with Gasteiger partial charge in [0.1, 0.15) is 12.2 Å². The molecule has 0 saturated carbocycles. The summed E-state index contributed by atoms with van der Waals surface area (Å²) < 4.78 is 27.5. The molecule has 2 aliphatic heterocycles. The number of nitrogens with one attached hydrogen (secondary N) is 1. The van der Waals surface area contributed by atoms with E-state index in [1.807, 2.05) is 0 Å². The number of Topliss-reactive ketones (excluding diaryl/α,β-unsaturated/α-hetero) is 1. The molecule has 0 spiro atoms. The molecular weight excluding hydrogens is 448 g/mol. The Kier molecular flexibility index (Phi) is 7.19. The van der Waals surface area contributed by atoms with Crippen LogP contribution >= 0.6 is 0 Å². The molecule has 0 aliphatic carbocycles. The van der Waals surface area contributed by atoms with Crippen LogP contribution in [0.3, 0.4) is 0 Å². The largest absolute Gasteiger partial charge is 0.414 e. The van der Waals surface area contributed by atoms with Crippen molar-refractivity contribution >= 4 is 22.9 Å². The second kappa shape index (κ2) is 9.11. The number of aromatic amines is 1. The first-order chi connectivity index (χ1) is 14.9. The van der Waals surface area contributed by atoms with E-state index in [9.17, 15) is 14.4 Å². The molecule has 32 heavy (non-hydrogen) atoms. The van der Waals surface area contributed by atoms with Crippen LogP contribution < -0.4 is 11.2 Å². The zero-order chi connectivity index (χ0) is 24.0. The van der Waals surface area contributed by atoms with E-state index >= 15 is 0 Å². The van der Waals surface area contributed by atoms with Crippen molar-refractivity contribution < 1.29 is 22.5 Å². The molecule has 2 aliphatic rings. The van der Waals surface area contributed by atoms with Gasteiger partial charge in [0, 0.05) is 12.3 Å². The quantitative estimate of drug-likeness (QED) is 0.640. The molecular formula is C21H36N2O7Si2. The smallest absolute Gasteiger partial charge is 0.335 e. The van der Waals surface area contributed by atoms with Gasteiger partial charge in [0.2, 0.25) is 5.78 Å². The molecule has 180 valence electrons. The van der Waals surface area contributed by atoms with Crippen LogP contribution in [0, 0.1) is 0 Å². The Hall–Kier alpha value is -1.38. The molecule has 9 nitrogen and oxygen atoms in total. The van der Waals surface area contributed by atoms with E-state index in [-0.39, 0.29) is 34.6 Å². The van der Waals surface area contributed by atoms with Crippen LogP contribution in [0.4, 0.5) is 0 Å². The van der Waals surface area contributed by atoms with E-state index in [0.717, 1.165) is 4.57 Å². The van der Waals surface area contributed by atoms with Crippen molar-refractivity contribution in [3.63, 3.8) is 0 Å². The third-order valence-electron chi connectivity index (χ3n) is 6.59. The number of carbonyl (C=O) groups excluding carboxylic acids is 1. The molecule has 1 aromatic heterocycles. The molecule has 0 bridgehead atoms. The molecule has 11 heteroatoms. The Morgan fingerprint density at radius 1 is 0.938 bits per heavy atom. The van der Waals surface area contributed by atoms with Gasteiger partial charge in [-0.1, -0.05) is 55.4 Å². The Morgan fingerprint density at radius 2 is 1.50 bits per heavy atom. The summed E-state index contributed by atoms with van der Waals surface area (Å²) in [5, 5.41) is 0. The van der Waals surface area contributed by atoms with Crippen molar-refractivity contribution in [1.82, 2.24) is 9.55 Å². The summed E-state index contributed by atoms with van der Waals surface area (Å²) in [6.07, 6.45) is -1.47. The van der Waals surface area contributed by atoms with E-state index < -0.39 is 46.8 Å². The van der Waals surface area contributed by atoms with Crippen molar-refractivity contribution in [1.29, 1.82) is 0 Å². The van der Waals surface area contributed by atoms with Gasteiger partial charge in [-0.2, -0.15) is 0 Å². The molecule has 0 amide bonds. The van der Waals surface area contributed by atoms with Gasteiger partial charge in [-0.15, -0.1) is 0 Å². The monoisotopic (exact) mass is 484 g/mol. The first-order valence-electron chi connectivity index (χ1n) is 11.4. The topological polar surface area (TPSA) is 109 Å². The highest BCUT2D eigenvalue weighted by atomic mass is 28.5. The van der Waals surface area contributed by atoms with E-state index in [1.165, 1.54) is 12.3 Å². The van der Waals surface area contributed by atoms with Crippen LogP contribution in [0.5, 0.6) is 0 Å². The molecule has 3 atom stereocenters. The van der Waals surface area contributed by atoms with Gasteiger partial charge in [0.25, 0.3) is 5.56 Å². The lowest BCUT2D eigenvalue weighted by Crippen LogP contribution is -2.65. The summed E-state index contributed by atoms with van der Waals surface area (Å²) in [6, 6.07) is 1.19. The number of hydrogen-bond donors (Lipinski definition) is 1. The maximum absolute atomic E-state index is 13.4. The lowest BCUT2D eigenvalue weighted by atomic mass is 10.1. The molecule has 0 unspecified atom stereocenters.